The quantitative estimate of drug-likeness (QED) is 0.655. The Bertz CT molecular complexity index is 632. The van der Waals surface area contributed by atoms with Crippen LogP contribution in [0.3, 0.4) is 0 Å². The van der Waals surface area contributed by atoms with E-state index >= 15 is 0 Å². The van der Waals surface area contributed by atoms with Gasteiger partial charge in [0.05, 0.1) is 19.2 Å². The summed E-state index contributed by atoms with van der Waals surface area (Å²) in [5.41, 5.74) is 4.32. The minimum atomic E-state index is 0.495. The second-order valence-corrected chi connectivity index (χ2v) is 4.79. The highest BCUT2D eigenvalue weighted by molar-refractivity contribution is 6.33. The number of hydrazine groups is 1. The number of aromatic nitrogens is 1. The van der Waals surface area contributed by atoms with E-state index in [1.54, 1.807) is 20.3 Å². The summed E-state index contributed by atoms with van der Waals surface area (Å²) >= 11 is 6.22. The van der Waals surface area contributed by atoms with Crippen molar-refractivity contribution in [1.29, 1.82) is 0 Å². The van der Waals surface area contributed by atoms with Crippen molar-refractivity contribution >= 4 is 28.3 Å². The van der Waals surface area contributed by atoms with E-state index in [9.17, 15) is 0 Å². The Morgan fingerprint density at radius 3 is 2.60 bits per heavy atom. The summed E-state index contributed by atoms with van der Waals surface area (Å²) in [5, 5.41) is 1.31. The molecule has 2 aromatic rings. The zero-order chi connectivity index (χ0) is 14.7. The van der Waals surface area contributed by atoms with Crippen LogP contribution in [0.15, 0.2) is 12.1 Å². The number of benzene rings is 1. The molecule has 0 radical (unpaired) electrons. The van der Waals surface area contributed by atoms with Crippen molar-refractivity contribution in [3.05, 3.63) is 22.7 Å². The molecule has 108 valence electrons. The van der Waals surface area contributed by atoms with Crippen molar-refractivity contribution in [3.8, 4) is 11.5 Å². The van der Waals surface area contributed by atoms with Gasteiger partial charge < -0.3 is 14.9 Å². The number of anilines is 1. The van der Waals surface area contributed by atoms with Gasteiger partial charge in [-0.25, -0.2) is 10.8 Å². The summed E-state index contributed by atoms with van der Waals surface area (Å²) in [7, 11) is 3.16. The summed E-state index contributed by atoms with van der Waals surface area (Å²) in [6.45, 7) is 2.10. The lowest BCUT2D eigenvalue weighted by Crippen LogP contribution is -2.11. The molecule has 0 aliphatic heterocycles. The van der Waals surface area contributed by atoms with Crippen LogP contribution in [0.2, 0.25) is 5.02 Å². The Kier molecular flexibility index (Phi) is 4.52. The number of methoxy groups -OCH3 is 2. The second-order valence-electron chi connectivity index (χ2n) is 4.38. The maximum atomic E-state index is 6.22. The lowest BCUT2D eigenvalue weighted by atomic mass is 10.1. The van der Waals surface area contributed by atoms with E-state index in [1.165, 1.54) is 0 Å². The van der Waals surface area contributed by atoms with Crippen molar-refractivity contribution in [1.82, 2.24) is 4.98 Å². The van der Waals surface area contributed by atoms with Crippen molar-refractivity contribution in [2.45, 2.75) is 19.8 Å². The fourth-order valence-corrected chi connectivity index (χ4v) is 2.52. The van der Waals surface area contributed by atoms with Gasteiger partial charge in [-0.3, -0.25) is 0 Å². The van der Waals surface area contributed by atoms with Gasteiger partial charge in [0.15, 0.2) is 0 Å². The lowest BCUT2D eigenvalue weighted by Gasteiger charge is -2.15. The van der Waals surface area contributed by atoms with Gasteiger partial charge in [-0.1, -0.05) is 24.9 Å². The third-order valence-corrected chi connectivity index (χ3v) is 3.42. The lowest BCUT2D eigenvalue weighted by molar-refractivity contribution is 0.410. The zero-order valence-corrected chi connectivity index (χ0v) is 12.5. The molecule has 3 N–H and O–H groups in total. The van der Waals surface area contributed by atoms with Crippen LogP contribution in [0.4, 0.5) is 5.82 Å². The predicted molar refractivity (Wildman–Crippen MR) is 81.7 cm³/mol. The first kappa shape index (κ1) is 14.7. The topological polar surface area (TPSA) is 69.4 Å². The average molecular weight is 296 g/mol. The summed E-state index contributed by atoms with van der Waals surface area (Å²) < 4.78 is 10.7. The molecule has 2 rings (SSSR count). The van der Waals surface area contributed by atoms with Gasteiger partial charge in [0.1, 0.15) is 22.8 Å². The predicted octanol–water partition coefficient (Wildman–Crippen LogP) is 3.14. The van der Waals surface area contributed by atoms with E-state index in [-0.39, 0.29) is 0 Å². The van der Waals surface area contributed by atoms with Crippen LogP contribution < -0.4 is 20.7 Å². The fraction of sp³-hybridized carbons (Fsp3) is 0.357. The number of pyridine rings is 1. The minimum Gasteiger partial charge on any atom is -0.494 e. The van der Waals surface area contributed by atoms with Crippen LogP contribution in [0, 0.1) is 0 Å². The van der Waals surface area contributed by atoms with Gasteiger partial charge in [0.2, 0.25) is 0 Å². The van der Waals surface area contributed by atoms with E-state index in [0.29, 0.717) is 27.9 Å². The summed E-state index contributed by atoms with van der Waals surface area (Å²) in [6.07, 6.45) is 1.85. The molecule has 0 unspecified atom stereocenters. The molecule has 1 aromatic carbocycles. The standard InChI is InChI=1S/C14H18ClN3O2/c1-4-5-8-6-9-12(17-14(8)18-16)11(19-2)7-10(15)13(9)20-3/h6-7H,4-5,16H2,1-3H3,(H,17,18). The molecule has 0 aliphatic carbocycles. The number of hydrogen-bond acceptors (Lipinski definition) is 5. The van der Waals surface area contributed by atoms with Crippen molar-refractivity contribution in [2.75, 3.05) is 19.6 Å². The van der Waals surface area contributed by atoms with Crippen molar-refractivity contribution in [2.24, 2.45) is 5.84 Å². The molecule has 0 bridgehead atoms. The van der Waals surface area contributed by atoms with Crippen LogP contribution >= 0.6 is 11.6 Å². The Morgan fingerprint density at radius 1 is 1.30 bits per heavy atom. The highest BCUT2D eigenvalue weighted by Gasteiger charge is 2.16. The molecule has 0 saturated heterocycles. The molecular formula is C14H18ClN3O2. The van der Waals surface area contributed by atoms with Gasteiger partial charge in [0.25, 0.3) is 0 Å². The number of fused-ring (bicyclic) bond motifs is 1. The number of halogens is 1. The largest absolute Gasteiger partial charge is 0.494 e. The van der Waals surface area contributed by atoms with Gasteiger partial charge in [-0.05, 0) is 18.1 Å². The van der Waals surface area contributed by atoms with E-state index < -0.39 is 0 Å². The van der Waals surface area contributed by atoms with Crippen LogP contribution in [0.1, 0.15) is 18.9 Å². The smallest absolute Gasteiger partial charge is 0.147 e. The van der Waals surface area contributed by atoms with Crippen LogP contribution in [0.25, 0.3) is 10.9 Å². The summed E-state index contributed by atoms with van der Waals surface area (Å²) in [5.74, 6) is 7.38. The van der Waals surface area contributed by atoms with Crippen molar-refractivity contribution in [3.63, 3.8) is 0 Å². The maximum absolute atomic E-state index is 6.22. The third kappa shape index (κ3) is 2.46. The first-order valence-electron chi connectivity index (χ1n) is 6.36. The molecule has 1 aromatic heterocycles. The van der Waals surface area contributed by atoms with Crippen LogP contribution in [0.5, 0.6) is 11.5 Å². The molecule has 5 nitrogen and oxygen atoms in total. The molecule has 0 spiro atoms. The summed E-state index contributed by atoms with van der Waals surface area (Å²) in [4.78, 5) is 4.53. The molecule has 1 heterocycles. The minimum absolute atomic E-state index is 0.495. The van der Waals surface area contributed by atoms with Crippen LogP contribution in [-0.4, -0.2) is 19.2 Å². The molecule has 0 fully saturated rings. The Hall–Kier alpha value is -1.72. The highest BCUT2D eigenvalue weighted by atomic mass is 35.5. The normalized spacial score (nSPS) is 10.7. The number of hydrogen-bond donors (Lipinski definition) is 2. The number of nitrogens with zero attached hydrogens (tertiary/aromatic N) is 1. The number of aryl methyl sites for hydroxylation is 1. The number of rotatable bonds is 5. The summed E-state index contributed by atoms with van der Waals surface area (Å²) in [6, 6.07) is 3.68. The molecular weight excluding hydrogens is 278 g/mol. The first-order chi connectivity index (χ1) is 9.65. The maximum Gasteiger partial charge on any atom is 0.147 e. The van der Waals surface area contributed by atoms with E-state index in [2.05, 4.69) is 17.3 Å². The van der Waals surface area contributed by atoms with Crippen LogP contribution in [-0.2, 0) is 6.42 Å². The molecule has 6 heteroatoms. The Labute approximate surface area is 123 Å². The SMILES string of the molecule is CCCc1cc2c(OC)c(Cl)cc(OC)c2nc1NN. The number of ether oxygens (including phenoxy) is 2. The molecule has 0 amide bonds. The Balaban J connectivity index is 2.81. The van der Waals surface area contributed by atoms with Gasteiger partial charge >= 0.3 is 0 Å². The van der Waals surface area contributed by atoms with E-state index in [1.807, 2.05) is 6.07 Å². The third-order valence-electron chi connectivity index (χ3n) is 3.13. The Morgan fingerprint density at radius 2 is 2.05 bits per heavy atom. The fourth-order valence-electron chi connectivity index (χ4n) is 2.24. The molecule has 0 saturated carbocycles. The average Bonchev–Trinajstić information content (AvgIpc) is 2.46. The van der Waals surface area contributed by atoms with E-state index in [0.717, 1.165) is 23.8 Å². The van der Waals surface area contributed by atoms with E-state index in [4.69, 9.17) is 26.9 Å². The van der Waals surface area contributed by atoms with Gasteiger partial charge in [-0.2, -0.15) is 0 Å². The number of nitrogens with one attached hydrogen (secondary N) is 1. The number of nitrogen functional groups attached to an aromatic ring is 1. The van der Waals surface area contributed by atoms with Gasteiger partial charge in [0, 0.05) is 11.5 Å². The molecule has 0 aliphatic rings. The molecule has 0 atom stereocenters. The highest BCUT2D eigenvalue weighted by Crippen LogP contribution is 2.40. The first-order valence-corrected chi connectivity index (χ1v) is 6.74. The van der Waals surface area contributed by atoms with Crippen molar-refractivity contribution < 1.29 is 9.47 Å². The second kappa shape index (κ2) is 6.15. The zero-order valence-electron chi connectivity index (χ0n) is 11.8. The van der Waals surface area contributed by atoms with Gasteiger partial charge in [-0.15, -0.1) is 0 Å². The monoisotopic (exact) mass is 295 g/mol. The number of nitrogens with two attached hydrogens (primary N) is 1. The molecule has 20 heavy (non-hydrogen) atoms.